The van der Waals surface area contributed by atoms with Gasteiger partial charge in [-0.2, -0.15) is 0 Å². The molecular weight excluding hydrogens is 345 g/mol. The normalized spacial score (nSPS) is 10.1. The Morgan fingerprint density at radius 1 is 1.33 bits per heavy atom. The number of pyridine rings is 1. The summed E-state index contributed by atoms with van der Waals surface area (Å²) < 4.78 is 0.997. The molecule has 0 fully saturated rings. The number of benzene rings is 1. The highest BCUT2D eigenvalue weighted by atomic mass is 127. The van der Waals surface area contributed by atoms with Crippen molar-refractivity contribution in [3.63, 3.8) is 0 Å². The van der Waals surface area contributed by atoms with Crippen LogP contribution < -0.4 is 11.1 Å². The third-order valence-corrected chi connectivity index (χ3v) is 3.29. The fraction of sp³-hybridized carbons (Fsp3) is 0. The molecule has 0 bridgehead atoms. The quantitative estimate of drug-likeness (QED) is 0.737. The molecule has 0 amide bonds. The molecule has 4 N–H and O–H groups in total. The molecule has 2 aromatic rings. The van der Waals surface area contributed by atoms with Gasteiger partial charge in [0.15, 0.2) is 5.82 Å². The molecule has 92 valence electrons. The van der Waals surface area contributed by atoms with Crippen LogP contribution >= 0.6 is 22.6 Å². The van der Waals surface area contributed by atoms with Gasteiger partial charge in [0, 0.05) is 9.77 Å². The van der Waals surface area contributed by atoms with Crippen LogP contribution in [0, 0.1) is 3.57 Å². The molecule has 1 aromatic carbocycles. The Labute approximate surface area is 117 Å². The monoisotopic (exact) mass is 355 g/mol. The number of anilines is 3. The Bertz CT molecular complexity index is 602. The Hall–Kier alpha value is -1.83. The highest BCUT2D eigenvalue weighted by Crippen LogP contribution is 2.26. The number of carbonyl (C=O) groups is 1. The number of halogens is 1. The number of aromatic carboxylic acids is 1. The van der Waals surface area contributed by atoms with Gasteiger partial charge in [-0.25, -0.2) is 9.78 Å². The average molecular weight is 355 g/mol. The van der Waals surface area contributed by atoms with Crippen LogP contribution in [0.2, 0.25) is 0 Å². The summed E-state index contributed by atoms with van der Waals surface area (Å²) in [6.07, 6.45) is 1.41. The summed E-state index contributed by atoms with van der Waals surface area (Å²) in [7, 11) is 0. The van der Waals surface area contributed by atoms with Crippen molar-refractivity contribution >= 4 is 45.8 Å². The van der Waals surface area contributed by atoms with E-state index in [0.29, 0.717) is 5.82 Å². The molecule has 18 heavy (non-hydrogen) atoms. The first-order valence-electron chi connectivity index (χ1n) is 5.09. The summed E-state index contributed by atoms with van der Waals surface area (Å²) in [5.41, 5.74) is 6.78. The standard InChI is InChI=1S/C12H10IN3O2/c13-8-3-1-2-4-9(8)16-11-10(14)7(12(17)18)5-6-15-11/h1-6H,14H2,(H,15,16)(H,17,18). The van der Waals surface area contributed by atoms with Crippen LogP contribution in [-0.2, 0) is 0 Å². The number of carboxylic acid groups (broad SMARTS) is 1. The van der Waals surface area contributed by atoms with Crippen molar-refractivity contribution in [2.45, 2.75) is 0 Å². The number of nitrogens with one attached hydrogen (secondary N) is 1. The van der Waals surface area contributed by atoms with E-state index < -0.39 is 5.97 Å². The van der Waals surface area contributed by atoms with E-state index in [1.807, 2.05) is 24.3 Å². The highest BCUT2D eigenvalue weighted by Gasteiger charge is 2.12. The molecule has 6 heteroatoms. The maximum atomic E-state index is 11.0. The number of carboxylic acids is 1. The number of para-hydroxylation sites is 1. The smallest absolute Gasteiger partial charge is 0.337 e. The van der Waals surface area contributed by atoms with E-state index in [2.05, 4.69) is 32.9 Å². The fourth-order valence-electron chi connectivity index (χ4n) is 1.45. The molecule has 1 heterocycles. The lowest BCUT2D eigenvalue weighted by Gasteiger charge is -2.11. The van der Waals surface area contributed by atoms with Crippen LogP contribution in [0.5, 0.6) is 0 Å². The third-order valence-electron chi connectivity index (χ3n) is 2.35. The predicted octanol–water partition coefficient (Wildman–Crippen LogP) is 2.71. The lowest BCUT2D eigenvalue weighted by Crippen LogP contribution is -2.07. The molecule has 0 saturated carbocycles. The first-order valence-corrected chi connectivity index (χ1v) is 6.17. The number of rotatable bonds is 3. The van der Waals surface area contributed by atoms with Gasteiger partial charge < -0.3 is 16.2 Å². The molecule has 0 aliphatic heterocycles. The number of hydrogen-bond donors (Lipinski definition) is 3. The Kier molecular flexibility index (Phi) is 3.66. The van der Waals surface area contributed by atoms with Gasteiger partial charge >= 0.3 is 5.97 Å². The van der Waals surface area contributed by atoms with Crippen molar-refractivity contribution in [2.75, 3.05) is 11.1 Å². The molecule has 0 unspecified atom stereocenters. The second-order valence-corrected chi connectivity index (χ2v) is 4.69. The predicted molar refractivity (Wildman–Crippen MR) is 78.1 cm³/mol. The van der Waals surface area contributed by atoms with E-state index in [9.17, 15) is 4.79 Å². The van der Waals surface area contributed by atoms with Crippen LogP contribution in [0.15, 0.2) is 36.5 Å². The molecule has 0 radical (unpaired) electrons. The van der Waals surface area contributed by atoms with Crippen LogP contribution in [0.4, 0.5) is 17.2 Å². The number of aromatic nitrogens is 1. The summed E-state index contributed by atoms with van der Waals surface area (Å²) in [5.74, 6) is -0.722. The van der Waals surface area contributed by atoms with E-state index in [1.54, 1.807) is 0 Å². The zero-order valence-electron chi connectivity index (χ0n) is 9.22. The SMILES string of the molecule is Nc1c(C(=O)O)ccnc1Nc1ccccc1I. The van der Waals surface area contributed by atoms with Crippen molar-refractivity contribution in [1.82, 2.24) is 4.98 Å². The number of hydrogen-bond acceptors (Lipinski definition) is 4. The summed E-state index contributed by atoms with van der Waals surface area (Å²) >= 11 is 2.17. The molecular formula is C12H10IN3O2. The fourth-order valence-corrected chi connectivity index (χ4v) is 1.97. The van der Waals surface area contributed by atoms with Gasteiger partial charge in [-0.15, -0.1) is 0 Å². The minimum absolute atomic E-state index is 0.0402. The molecule has 5 nitrogen and oxygen atoms in total. The highest BCUT2D eigenvalue weighted by molar-refractivity contribution is 14.1. The second kappa shape index (κ2) is 5.21. The van der Waals surface area contributed by atoms with E-state index in [-0.39, 0.29) is 11.3 Å². The minimum atomic E-state index is -1.07. The van der Waals surface area contributed by atoms with Crippen LogP contribution in [0.3, 0.4) is 0 Å². The number of nitrogens with two attached hydrogens (primary N) is 1. The van der Waals surface area contributed by atoms with Crippen molar-refractivity contribution in [1.29, 1.82) is 0 Å². The Morgan fingerprint density at radius 2 is 2.06 bits per heavy atom. The zero-order valence-corrected chi connectivity index (χ0v) is 11.4. The molecule has 0 aliphatic rings. The van der Waals surface area contributed by atoms with E-state index in [4.69, 9.17) is 10.8 Å². The molecule has 0 aliphatic carbocycles. The third kappa shape index (κ3) is 2.53. The summed E-state index contributed by atoms with van der Waals surface area (Å²) in [4.78, 5) is 15.0. The maximum Gasteiger partial charge on any atom is 0.337 e. The van der Waals surface area contributed by atoms with Crippen molar-refractivity contribution in [3.8, 4) is 0 Å². The van der Waals surface area contributed by atoms with Gasteiger partial charge in [-0.1, -0.05) is 12.1 Å². The van der Waals surface area contributed by atoms with Crippen molar-refractivity contribution in [3.05, 3.63) is 45.7 Å². The molecule has 1 aromatic heterocycles. The van der Waals surface area contributed by atoms with Crippen LogP contribution in [0.25, 0.3) is 0 Å². The van der Waals surface area contributed by atoms with Gasteiger partial charge in [0.25, 0.3) is 0 Å². The average Bonchev–Trinajstić information content (AvgIpc) is 2.34. The largest absolute Gasteiger partial charge is 0.478 e. The summed E-state index contributed by atoms with van der Waals surface area (Å²) in [6, 6.07) is 8.97. The minimum Gasteiger partial charge on any atom is -0.478 e. The molecule has 0 saturated heterocycles. The Balaban J connectivity index is 2.39. The molecule has 2 rings (SSSR count). The van der Waals surface area contributed by atoms with Crippen LogP contribution in [-0.4, -0.2) is 16.1 Å². The van der Waals surface area contributed by atoms with Gasteiger partial charge in [0.05, 0.1) is 16.9 Å². The van der Waals surface area contributed by atoms with E-state index in [1.165, 1.54) is 12.3 Å². The number of nitrogen functional groups attached to an aromatic ring is 1. The lowest BCUT2D eigenvalue weighted by atomic mass is 10.2. The first kappa shape index (κ1) is 12.6. The van der Waals surface area contributed by atoms with Crippen molar-refractivity contribution in [2.24, 2.45) is 0 Å². The van der Waals surface area contributed by atoms with Gasteiger partial charge in [0.1, 0.15) is 0 Å². The van der Waals surface area contributed by atoms with Gasteiger partial charge in [-0.3, -0.25) is 0 Å². The number of nitrogens with zero attached hydrogens (tertiary/aromatic N) is 1. The summed E-state index contributed by atoms with van der Waals surface area (Å²) in [6.45, 7) is 0. The first-order chi connectivity index (χ1) is 8.59. The second-order valence-electron chi connectivity index (χ2n) is 3.53. The van der Waals surface area contributed by atoms with Gasteiger partial charge in [0.2, 0.25) is 0 Å². The lowest BCUT2D eigenvalue weighted by molar-refractivity contribution is 0.0698. The van der Waals surface area contributed by atoms with Gasteiger partial charge in [-0.05, 0) is 40.8 Å². The summed E-state index contributed by atoms with van der Waals surface area (Å²) in [5, 5.41) is 12.0. The zero-order chi connectivity index (χ0) is 13.1. The molecule has 0 atom stereocenters. The topological polar surface area (TPSA) is 88.2 Å². The molecule has 0 spiro atoms. The van der Waals surface area contributed by atoms with E-state index >= 15 is 0 Å². The Morgan fingerprint density at radius 3 is 2.72 bits per heavy atom. The van der Waals surface area contributed by atoms with Crippen molar-refractivity contribution < 1.29 is 9.90 Å². The van der Waals surface area contributed by atoms with E-state index in [0.717, 1.165) is 9.26 Å². The van der Waals surface area contributed by atoms with Crippen LogP contribution in [0.1, 0.15) is 10.4 Å². The maximum absolute atomic E-state index is 11.0.